The number of anilines is 1. The summed E-state index contributed by atoms with van der Waals surface area (Å²) in [5, 5.41) is 0.430. The van der Waals surface area contributed by atoms with Crippen molar-refractivity contribution in [3.63, 3.8) is 0 Å². The lowest BCUT2D eigenvalue weighted by molar-refractivity contribution is 0.594. The van der Waals surface area contributed by atoms with Gasteiger partial charge in [0.2, 0.25) is 0 Å². The van der Waals surface area contributed by atoms with Crippen LogP contribution in [0.3, 0.4) is 0 Å². The van der Waals surface area contributed by atoms with Crippen molar-refractivity contribution in [2.75, 3.05) is 11.4 Å². The third kappa shape index (κ3) is 1.83. The highest BCUT2D eigenvalue weighted by atomic mass is 35.5. The quantitative estimate of drug-likeness (QED) is 0.745. The van der Waals surface area contributed by atoms with Crippen molar-refractivity contribution < 1.29 is 8.42 Å². The highest BCUT2D eigenvalue weighted by molar-refractivity contribution is 7.92. The molecule has 1 aliphatic rings. The number of hydrogen-bond donors (Lipinski definition) is 0. The van der Waals surface area contributed by atoms with Crippen LogP contribution in [0.5, 0.6) is 0 Å². The first-order chi connectivity index (χ1) is 9.43. The molecule has 0 spiro atoms. The molecule has 0 amide bonds. The third-order valence-electron chi connectivity index (χ3n) is 3.82. The van der Waals surface area contributed by atoms with E-state index in [2.05, 4.69) is 0 Å². The van der Waals surface area contributed by atoms with Gasteiger partial charge in [-0.15, -0.1) is 0 Å². The van der Waals surface area contributed by atoms with Crippen molar-refractivity contribution in [2.24, 2.45) is 0 Å². The van der Waals surface area contributed by atoms with Crippen LogP contribution in [0.4, 0.5) is 5.69 Å². The Bertz CT molecular complexity index is 786. The van der Waals surface area contributed by atoms with Crippen molar-refractivity contribution in [3.05, 3.63) is 58.6 Å². The van der Waals surface area contributed by atoms with Gasteiger partial charge >= 0.3 is 0 Å². The SMILES string of the molecule is CC1c2ccccc2N(C)S(=O)(=O)c2cc(Cl)ccc21. The fourth-order valence-electron chi connectivity index (χ4n) is 2.67. The molecule has 20 heavy (non-hydrogen) atoms. The second-order valence-electron chi connectivity index (χ2n) is 4.94. The lowest BCUT2D eigenvalue weighted by Gasteiger charge is -2.19. The first-order valence-corrected chi connectivity index (χ1v) is 8.12. The van der Waals surface area contributed by atoms with Crippen LogP contribution in [-0.4, -0.2) is 15.5 Å². The number of sulfonamides is 1. The fourth-order valence-corrected chi connectivity index (χ4v) is 4.45. The maximum Gasteiger partial charge on any atom is 0.264 e. The molecule has 5 heteroatoms. The molecule has 3 rings (SSSR count). The van der Waals surface area contributed by atoms with Gasteiger partial charge in [0, 0.05) is 18.0 Å². The summed E-state index contributed by atoms with van der Waals surface area (Å²) in [5.74, 6) is -0.00167. The second kappa shape index (κ2) is 4.50. The molecule has 104 valence electrons. The molecule has 0 fully saturated rings. The van der Waals surface area contributed by atoms with Crippen LogP contribution in [-0.2, 0) is 10.0 Å². The minimum Gasteiger partial charge on any atom is -0.269 e. The van der Waals surface area contributed by atoms with E-state index in [0.717, 1.165) is 11.1 Å². The standard InChI is InChI=1S/C15H14ClNO2S/c1-10-12-5-3-4-6-14(12)17(2)20(18,19)15-9-11(16)7-8-13(10)15/h3-10H,1-2H3. The predicted molar refractivity (Wildman–Crippen MR) is 81.0 cm³/mol. The Morgan fingerprint density at radius 2 is 1.80 bits per heavy atom. The Morgan fingerprint density at radius 1 is 1.10 bits per heavy atom. The molecule has 1 aliphatic heterocycles. The first kappa shape index (κ1) is 13.5. The number of nitrogens with zero attached hydrogens (tertiary/aromatic N) is 1. The number of fused-ring (bicyclic) bond motifs is 2. The molecular weight excluding hydrogens is 294 g/mol. The van der Waals surface area contributed by atoms with Gasteiger partial charge in [-0.25, -0.2) is 8.42 Å². The summed E-state index contributed by atoms with van der Waals surface area (Å²) in [6.07, 6.45) is 0. The summed E-state index contributed by atoms with van der Waals surface area (Å²) >= 11 is 5.98. The molecule has 1 unspecified atom stereocenters. The van der Waals surface area contributed by atoms with Crippen LogP contribution in [0.15, 0.2) is 47.4 Å². The van der Waals surface area contributed by atoms with Crippen molar-refractivity contribution in [2.45, 2.75) is 17.7 Å². The van der Waals surface area contributed by atoms with Gasteiger partial charge in [0.15, 0.2) is 0 Å². The molecule has 0 radical (unpaired) electrons. The molecular formula is C15H14ClNO2S. The van der Waals surface area contributed by atoms with Crippen LogP contribution in [0, 0.1) is 0 Å². The molecule has 0 bridgehead atoms. The topological polar surface area (TPSA) is 37.4 Å². The van der Waals surface area contributed by atoms with Gasteiger partial charge < -0.3 is 0 Å². The maximum atomic E-state index is 12.8. The number of benzene rings is 2. The van der Waals surface area contributed by atoms with E-state index in [1.165, 1.54) is 10.4 Å². The van der Waals surface area contributed by atoms with E-state index < -0.39 is 10.0 Å². The van der Waals surface area contributed by atoms with Crippen LogP contribution < -0.4 is 4.31 Å². The van der Waals surface area contributed by atoms with E-state index in [0.29, 0.717) is 10.7 Å². The summed E-state index contributed by atoms with van der Waals surface area (Å²) in [6.45, 7) is 2.01. The number of para-hydroxylation sites is 1. The number of hydrogen-bond acceptors (Lipinski definition) is 2. The molecule has 2 aromatic carbocycles. The first-order valence-electron chi connectivity index (χ1n) is 6.30. The van der Waals surface area contributed by atoms with E-state index in [-0.39, 0.29) is 10.8 Å². The Labute approximate surface area is 123 Å². The Kier molecular flexibility index (Phi) is 3.03. The van der Waals surface area contributed by atoms with E-state index in [1.807, 2.05) is 31.2 Å². The number of rotatable bonds is 0. The summed E-state index contributed by atoms with van der Waals surface area (Å²) in [6, 6.07) is 12.6. The predicted octanol–water partition coefficient (Wildman–Crippen LogP) is 3.63. The van der Waals surface area contributed by atoms with Crippen LogP contribution >= 0.6 is 11.6 Å². The largest absolute Gasteiger partial charge is 0.269 e. The number of halogens is 1. The van der Waals surface area contributed by atoms with Gasteiger partial charge in [0.25, 0.3) is 10.0 Å². The zero-order valence-electron chi connectivity index (χ0n) is 11.2. The van der Waals surface area contributed by atoms with Crippen LogP contribution in [0.25, 0.3) is 0 Å². The van der Waals surface area contributed by atoms with Gasteiger partial charge in [0.05, 0.1) is 10.6 Å². The Morgan fingerprint density at radius 3 is 2.55 bits per heavy atom. The van der Waals surface area contributed by atoms with Gasteiger partial charge in [0.1, 0.15) is 0 Å². The van der Waals surface area contributed by atoms with Crippen LogP contribution in [0.2, 0.25) is 5.02 Å². The van der Waals surface area contributed by atoms with Crippen molar-refractivity contribution >= 4 is 27.3 Å². The molecule has 1 atom stereocenters. The lowest BCUT2D eigenvalue weighted by Crippen LogP contribution is -2.26. The molecule has 0 saturated heterocycles. The van der Waals surface area contributed by atoms with E-state index >= 15 is 0 Å². The molecule has 1 heterocycles. The maximum absolute atomic E-state index is 12.8. The van der Waals surface area contributed by atoms with Crippen LogP contribution in [0.1, 0.15) is 24.0 Å². The summed E-state index contributed by atoms with van der Waals surface area (Å²) in [7, 11) is -2.00. The Balaban J connectivity index is 2.41. The average Bonchev–Trinajstić information content (AvgIpc) is 2.50. The van der Waals surface area contributed by atoms with E-state index in [9.17, 15) is 8.42 Å². The summed E-state index contributed by atoms with van der Waals surface area (Å²) in [4.78, 5) is 0.288. The summed E-state index contributed by atoms with van der Waals surface area (Å²) in [5.41, 5.74) is 2.50. The monoisotopic (exact) mass is 307 g/mol. The summed E-state index contributed by atoms with van der Waals surface area (Å²) < 4.78 is 26.8. The van der Waals surface area contributed by atoms with Gasteiger partial charge in [-0.3, -0.25) is 4.31 Å². The molecule has 2 aromatic rings. The van der Waals surface area contributed by atoms with Gasteiger partial charge in [-0.2, -0.15) is 0 Å². The van der Waals surface area contributed by atoms with Crippen molar-refractivity contribution in [1.29, 1.82) is 0 Å². The zero-order valence-corrected chi connectivity index (χ0v) is 12.7. The molecule has 0 aliphatic carbocycles. The average molecular weight is 308 g/mol. The smallest absolute Gasteiger partial charge is 0.264 e. The molecule has 0 aromatic heterocycles. The third-order valence-corrected chi connectivity index (χ3v) is 5.89. The normalized spacial score (nSPS) is 19.9. The second-order valence-corrected chi connectivity index (χ2v) is 7.31. The minimum atomic E-state index is -3.58. The highest BCUT2D eigenvalue weighted by Gasteiger charge is 2.32. The Hall–Kier alpha value is -1.52. The molecule has 0 saturated carbocycles. The minimum absolute atomic E-state index is 0.00167. The van der Waals surface area contributed by atoms with Crippen molar-refractivity contribution in [1.82, 2.24) is 0 Å². The molecule has 3 nitrogen and oxygen atoms in total. The highest BCUT2D eigenvalue weighted by Crippen LogP contribution is 2.41. The van der Waals surface area contributed by atoms with Gasteiger partial charge in [-0.1, -0.05) is 42.8 Å². The lowest BCUT2D eigenvalue weighted by atomic mass is 9.92. The fraction of sp³-hybridized carbons (Fsp3) is 0.200. The van der Waals surface area contributed by atoms with E-state index in [4.69, 9.17) is 11.6 Å². The van der Waals surface area contributed by atoms with Crippen molar-refractivity contribution in [3.8, 4) is 0 Å². The van der Waals surface area contributed by atoms with Gasteiger partial charge in [-0.05, 0) is 29.3 Å². The zero-order chi connectivity index (χ0) is 14.5. The molecule has 0 N–H and O–H groups in total. The van der Waals surface area contributed by atoms with E-state index in [1.54, 1.807) is 19.2 Å².